The molecule has 4 rings (SSSR count). The number of phenolic OH excluding ortho intramolecular Hbond substituents is 1. The van der Waals surface area contributed by atoms with Crippen LogP contribution < -0.4 is 11.1 Å². The summed E-state index contributed by atoms with van der Waals surface area (Å²) in [7, 11) is 0. The molecule has 3 aromatic rings. The summed E-state index contributed by atoms with van der Waals surface area (Å²) in [5.41, 5.74) is 7.28. The molecule has 9 heteroatoms. The predicted molar refractivity (Wildman–Crippen MR) is 124 cm³/mol. The number of hydrogen-bond donors (Lipinski definition) is 4. The summed E-state index contributed by atoms with van der Waals surface area (Å²) in [5.74, 6) is -0.394. The quantitative estimate of drug-likeness (QED) is 0.372. The van der Waals surface area contributed by atoms with Gasteiger partial charge in [-0.05, 0) is 30.5 Å². The van der Waals surface area contributed by atoms with Gasteiger partial charge in [-0.3, -0.25) is 10.2 Å². The van der Waals surface area contributed by atoms with Crippen LogP contribution in [0, 0.1) is 17.1 Å². The number of benzene rings is 2. The summed E-state index contributed by atoms with van der Waals surface area (Å²) in [6, 6.07) is 13.2. The first-order chi connectivity index (χ1) is 15.9. The van der Waals surface area contributed by atoms with Gasteiger partial charge in [-0.1, -0.05) is 30.3 Å². The maximum Gasteiger partial charge on any atom is 0.226 e. The van der Waals surface area contributed by atoms with E-state index in [0.717, 1.165) is 30.5 Å². The maximum atomic E-state index is 13.7. The Balaban J connectivity index is 1.50. The summed E-state index contributed by atoms with van der Waals surface area (Å²) in [4.78, 5) is 22.8. The number of amides is 1. The number of nitrogens with zero attached hydrogens (tertiary/aromatic N) is 3. The normalized spacial score (nSPS) is 12.9. The molecule has 0 unspecified atom stereocenters. The minimum Gasteiger partial charge on any atom is -0.508 e. The SMILES string of the molecule is N=C(c1cc(O)cc(F)c1)c1c(N)ncnc1NCCN(Cc1ccccc1)C(=O)C1CC1. The Morgan fingerprint density at radius 2 is 1.97 bits per heavy atom. The van der Waals surface area contributed by atoms with Crippen molar-refractivity contribution in [1.29, 1.82) is 5.41 Å². The zero-order valence-corrected chi connectivity index (χ0v) is 18.0. The highest BCUT2D eigenvalue weighted by Gasteiger charge is 2.33. The fourth-order valence-electron chi connectivity index (χ4n) is 3.61. The predicted octanol–water partition coefficient (Wildman–Crippen LogP) is 3.17. The van der Waals surface area contributed by atoms with Gasteiger partial charge in [0.1, 0.15) is 29.5 Å². The van der Waals surface area contributed by atoms with Crippen molar-refractivity contribution in [2.24, 2.45) is 5.92 Å². The average molecular weight is 449 g/mol. The van der Waals surface area contributed by atoms with Crippen molar-refractivity contribution >= 4 is 23.3 Å². The van der Waals surface area contributed by atoms with E-state index in [1.54, 1.807) is 0 Å². The third kappa shape index (κ3) is 5.43. The number of carbonyl (C=O) groups excluding carboxylic acids is 1. The van der Waals surface area contributed by atoms with Crippen LogP contribution in [0.4, 0.5) is 16.0 Å². The first kappa shape index (κ1) is 22.2. The Kier molecular flexibility index (Phi) is 6.48. The molecule has 8 nitrogen and oxygen atoms in total. The lowest BCUT2D eigenvalue weighted by Gasteiger charge is -2.23. The van der Waals surface area contributed by atoms with Crippen molar-refractivity contribution in [3.63, 3.8) is 0 Å². The lowest BCUT2D eigenvalue weighted by Crippen LogP contribution is -2.35. The fraction of sp³-hybridized carbons (Fsp3) is 0.250. The number of nitrogens with two attached hydrogens (primary N) is 1. The Morgan fingerprint density at radius 1 is 1.21 bits per heavy atom. The molecule has 0 aliphatic heterocycles. The zero-order valence-electron chi connectivity index (χ0n) is 18.0. The number of carbonyl (C=O) groups is 1. The van der Waals surface area contributed by atoms with Gasteiger partial charge < -0.3 is 21.1 Å². The van der Waals surface area contributed by atoms with Crippen molar-refractivity contribution in [1.82, 2.24) is 14.9 Å². The van der Waals surface area contributed by atoms with Crippen molar-refractivity contribution < 1.29 is 14.3 Å². The molecule has 0 bridgehead atoms. The third-order valence-electron chi connectivity index (χ3n) is 5.43. The molecule has 0 radical (unpaired) electrons. The Labute approximate surface area is 190 Å². The summed E-state index contributed by atoms with van der Waals surface area (Å²) in [6.45, 7) is 1.31. The van der Waals surface area contributed by atoms with Gasteiger partial charge >= 0.3 is 0 Å². The minimum atomic E-state index is -0.671. The molecule has 1 aliphatic carbocycles. The third-order valence-corrected chi connectivity index (χ3v) is 5.43. The lowest BCUT2D eigenvalue weighted by molar-refractivity contribution is -0.133. The molecule has 33 heavy (non-hydrogen) atoms. The first-order valence-electron chi connectivity index (χ1n) is 10.7. The van der Waals surface area contributed by atoms with E-state index in [1.807, 2.05) is 35.2 Å². The molecule has 1 aromatic heterocycles. The number of nitrogens with one attached hydrogen (secondary N) is 2. The smallest absolute Gasteiger partial charge is 0.226 e. The lowest BCUT2D eigenvalue weighted by atomic mass is 10.0. The van der Waals surface area contributed by atoms with Crippen molar-refractivity contribution in [3.8, 4) is 5.75 Å². The molecule has 0 saturated heterocycles. The standard InChI is InChI=1S/C24H25FN6O2/c25-18-10-17(11-19(32)12-18)21(26)20-22(27)29-14-30-23(20)28-8-9-31(24(33)16-6-7-16)13-15-4-2-1-3-5-15/h1-5,10-12,14,16,26,32H,6-9,13H2,(H3,27,28,29,30). The Bertz CT molecular complexity index is 1150. The van der Waals surface area contributed by atoms with Crippen molar-refractivity contribution in [2.75, 3.05) is 24.1 Å². The molecule has 1 aliphatic rings. The summed E-state index contributed by atoms with van der Waals surface area (Å²) >= 11 is 0. The highest BCUT2D eigenvalue weighted by molar-refractivity contribution is 6.16. The number of halogens is 1. The molecular weight excluding hydrogens is 423 g/mol. The van der Waals surface area contributed by atoms with Crippen LogP contribution in [-0.2, 0) is 11.3 Å². The number of phenols is 1. The van der Waals surface area contributed by atoms with Gasteiger partial charge in [-0.25, -0.2) is 14.4 Å². The van der Waals surface area contributed by atoms with E-state index in [0.29, 0.717) is 25.5 Å². The van der Waals surface area contributed by atoms with Gasteiger partial charge in [0.15, 0.2) is 0 Å². The van der Waals surface area contributed by atoms with Crippen LogP contribution in [0.15, 0.2) is 54.9 Å². The van der Waals surface area contributed by atoms with Crippen LogP contribution in [-0.4, -0.2) is 44.7 Å². The monoisotopic (exact) mass is 448 g/mol. The van der Waals surface area contributed by atoms with Crippen LogP contribution in [0.5, 0.6) is 5.75 Å². The van der Waals surface area contributed by atoms with E-state index >= 15 is 0 Å². The topological polar surface area (TPSA) is 128 Å². The minimum absolute atomic E-state index is 0.0523. The molecular formula is C24H25FN6O2. The summed E-state index contributed by atoms with van der Waals surface area (Å²) in [5, 5.41) is 21.3. The van der Waals surface area contributed by atoms with Gasteiger partial charge in [-0.15, -0.1) is 0 Å². The largest absolute Gasteiger partial charge is 0.508 e. The van der Waals surface area contributed by atoms with Gasteiger partial charge in [0.05, 0.1) is 11.3 Å². The van der Waals surface area contributed by atoms with E-state index in [2.05, 4.69) is 15.3 Å². The summed E-state index contributed by atoms with van der Waals surface area (Å²) < 4.78 is 13.7. The Hall–Kier alpha value is -4.01. The molecule has 2 aromatic carbocycles. The second kappa shape index (κ2) is 9.64. The second-order valence-corrected chi connectivity index (χ2v) is 8.00. The molecule has 0 atom stereocenters. The molecule has 1 amide bonds. The first-order valence-corrected chi connectivity index (χ1v) is 10.7. The van der Waals surface area contributed by atoms with Crippen molar-refractivity contribution in [3.05, 3.63) is 77.4 Å². The fourth-order valence-corrected chi connectivity index (χ4v) is 3.61. The molecule has 1 heterocycles. The average Bonchev–Trinajstić information content (AvgIpc) is 3.63. The van der Waals surface area contributed by atoms with Gasteiger partial charge in [0, 0.05) is 37.2 Å². The van der Waals surface area contributed by atoms with Gasteiger partial charge in [-0.2, -0.15) is 0 Å². The van der Waals surface area contributed by atoms with Crippen LogP contribution in [0.1, 0.15) is 29.5 Å². The van der Waals surface area contributed by atoms with E-state index in [1.165, 1.54) is 12.4 Å². The molecule has 170 valence electrons. The molecule has 1 saturated carbocycles. The van der Waals surface area contributed by atoms with Gasteiger partial charge in [0.2, 0.25) is 5.91 Å². The zero-order chi connectivity index (χ0) is 23.4. The number of hydrogen-bond acceptors (Lipinski definition) is 7. The van der Waals surface area contributed by atoms with Crippen LogP contribution >= 0.6 is 0 Å². The highest BCUT2D eigenvalue weighted by Crippen LogP contribution is 2.31. The highest BCUT2D eigenvalue weighted by atomic mass is 19.1. The van der Waals surface area contributed by atoms with Gasteiger partial charge in [0.25, 0.3) is 0 Å². The number of nitrogen functional groups attached to an aromatic ring is 1. The van der Waals surface area contributed by atoms with Crippen LogP contribution in [0.3, 0.4) is 0 Å². The van der Waals surface area contributed by atoms with E-state index in [-0.39, 0.29) is 40.2 Å². The number of aromatic nitrogens is 2. The second-order valence-electron chi connectivity index (χ2n) is 8.00. The maximum absolute atomic E-state index is 13.7. The van der Waals surface area contributed by atoms with E-state index in [9.17, 15) is 14.3 Å². The van der Waals surface area contributed by atoms with Crippen molar-refractivity contribution in [2.45, 2.75) is 19.4 Å². The molecule has 5 N–H and O–H groups in total. The van der Waals surface area contributed by atoms with Crippen LogP contribution in [0.2, 0.25) is 0 Å². The van der Waals surface area contributed by atoms with E-state index in [4.69, 9.17) is 11.1 Å². The summed E-state index contributed by atoms with van der Waals surface area (Å²) in [6.07, 6.45) is 3.11. The molecule has 1 fully saturated rings. The Morgan fingerprint density at radius 3 is 2.67 bits per heavy atom. The number of anilines is 2. The number of rotatable bonds is 9. The number of aromatic hydroxyl groups is 1. The van der Waals surface area contributed by atoms with Crippen LogP contribution in [0.25, 0.3) is 0 Å². The molecule has 0 spiro atoms. The van der Waals surface area contributed by atoms with E-state index < -0.39 is 5.82 Å².